The van der Waals surface area contributed by atoms with Crippen molar-refractivity contribution in [1.29, 1.82) is 0 Å². The number of rotatable bonds is 16. The maximum Gasteiger partial charge on any atom is 0.326 e. The number of fused-ring (bicyclic) bond motifs is 1. The average Bonchev–Trinajstić information content (AvgIpc) is 3.37. The zero-order valence-corrected chi connectivity index (χ0v) is 24.0. The van der Waals surface area contributed by atoms with Gasteiger partial charge < -0.3 is 37.5 Å². The third kappa shape index (κ3) is 9.35. The molecule has 0 radical (unpaired) electrons. The summed E-state index contributed by atoms with van der Waals surface area (Å²) in [4.78, 5) is 65.8. The standard InChI is InChI=1S/C29H36N6O6S/c1-42-12-11-22(33-26(37)20(30)14-18-16-32-21-10-6-5-9-19(18)21)27(38)34-23(13-17-7-3-2-4-8-17)28(39)35-24(29(40)41)15-25(31)36/h2-10,16,20,22-24,32H,11-15,30H2,1H3,(H2,31,36)(H,33,37)(H,34,38)(H,35,39)(H,40,41). The highest BCUT2D eigenvalue weighted by atomic mass is 32.2. The number of nitrogens with one attached hydrogen (secondary N) is 4. The van der Waals surface area contributed by atoms with E-state index in [0.29, 0.717) is 11.3 Å². The van der Waals surface area contributed by atoms with Crippen LogP contribution in [-0.4, -0.2) is 75.9 Å². The number of thioether (sulfide) groups is 1. The van der Waals surface area contributed by atoms with Crippen molar-refractivity contribution in [3.8, 4) is 0 Å². The summed E-state index contributed by atoms with van der Waals surface area (Å²) in [5.41, 5.74) is 13.8. The number of hydrogen-bond donors (Lipinski definition) is 7. The summed E-state index contributed by atoms with van der Waals surface area (Å²) in [6.45, 7) is 0. The quantitative estimate of drug-likeness (QED) is 0.123. The molecule has 13 heteroatoms. The van der Waals surface area contributed by atoms with Gasteiger partial charge in [-0.3, -0.25) is 19.2 Å². The summed E-state index contributed by atoms with van der Waals surface area (Å²) in [6, 6.07) is 11.7. The predicted octanol–water partition coefficient (Wildman–Crippen LogP) is 0.448. The van der Waals surface area contributed by atoms with Crippen molar-refractivity contribution in [3.05, 3.63) is 71.9 Å². The summed E-state index contributed by atoms with van der Waals surface area (Å²) >= 11 is 1.48. The molecule has 0 fully saturated rings. The average molecular weight is 597 g/mol. The van der Waals surface area contributed by atoms with Crippen molar-refractivity contribution in [2.24, 2.45) is 11.5 Å². The highest BCUT2D eigenvalue weighted by Gasteiger charge is 2.31. The summed E-state index contributed by atoms with van der Waals surface area (Å²) in [5.74, 6) is -3.79. The molecule has 2 aromatic carbocycles. The van der Waals surface area contributed by atoms with Gasteiger partial charge in [0, 0.05) is 23.5 Å². The SMILES string of the molecule is CSCCC(NC(=O)C(N)Cc1c[nH]c2ccccc12)C(=O)NC(Cc1ccccc1)C(=O)NC(CC(N)=O)C(=O)O. The van der Waals surface area contributed by atoms with E-state index in [0.717, 1.165) is 16.5 Å². The summed E-state index contributed by atoms with van der Waals surface area (Å²) in [7, 11) is 0. The smallest absolute Gasteiger partial charge is 0.326 e. The number of H-pyrrole nitrogens is 1. The normalized spacial score (nSPS) is 13.9. The van der Waals surface area contributed by atoms with Crippen molar-refractivity contribution in [1.82, 2.24) is 20.9 Å². The highest BCUT2D eigenvalue weighted by Crippen LogP contribution is 2.19. The molecule has 0 saturated heterocycles. The fourth-order valence-corrected chi connectivity index (χ4v) is 4.89. The summed E-state index contributed by atoms with van der Waals surface area (Å²) < 4.78 is 0. The number of carbonyl (C=O) groups is 5. The van der Waals surface area contributed by atoms with Gasteiger partial charge in [-0.2, -0.15) is 11.8 Å². The van der Waals surface area contributed by atoms with E-state index in [1.807, 2.05) is 30.5 Å². The van der Waals surface area contributed by atoms with E-state index in [2.05, 4.69) is 20.9 Å². The number of carboxylic acids is 1. The van der Waals surface area contributed by atoms with Crippen LogP contribution in [-0.2, 0) is 36.8 Å². The van der Waals surface area contributed by atoms with Crippen molar-refractivity contribution in [2.75, 3.05) is 12.0 Å². The first-order chi connectivity index (χ1) is 20.1. The Hall–Kier alpha value is -4.36. The Balaban J connectivity index is 1.75. The lowest BCUT2D eigenvalue weighted by molar-refractivity contribution is -0.143. The van der Waals surface area contributed by atoms with Gasteiger partial charge in [0.15, 0.2) is 0 Å². The number of aromatic nitrogens is 1. The van der Waals surface area contributed by atoms with Crippen molar-refractivity contribution in [3.63, 3.8) is 0 Å². The second kappa shape index (κ2) is 15.6. The number of benzene rings is 2. The number of aromatic amines is 1. The molecule has 0 bridgehead atoms. The largest absolute Gasteiger partial charge is 0.480 e. The molecule has 12 nitrogen and oxygen atoms in total. The van der Waals surface area contributed by atoms with Gasteiger partial charge in [0.25, 0.3) is 0 Å². The van der Waals surface area contributed by atoms with Gasteiger partial charge >= 0.3 is 5.97 Å². The van der Waals surface area contributed by atoms with Crippen LogP contribution < -0.4 is 27.4 Å². The Bertz CT molecular complexity index is 1400. The van der Waals surface area contributed by atoms with Crippen LogP contribution in [0.4, 0.5) is 0 Å². The Labute approximate surface area is 247 Å². The number of primary amides is 1. The van der Waals surface area contributed by atoms with Gasteiger partial charge in [-0.05, 0) is 42.0 Å². The second-order valence-electron chi connectivity index (χ2n) is 9.83. The van der Waals surface area contributed by atoms with Crippen molar-refractivity contribution >= 4 is 52.3 Å². The van der Waals surface area contributed by atoms with E-state index in [1.54, 1.807) is 36.5 Å². The molecule has 224 valence electrons. The molecular formula is C29H36N6O6S. The zero-order valence-electron chi connectivity index (χ0n) is 23.2. The molecule has 4 atom stereocenters. The van der Waals surface area contributed by atoms with Crippen LogP contribution in [0.1, 0.15) is 24.0 Å². The van der Waals surface area contributed by atoms with E-state index >= 15 is 0 Å². The molecule has 42 heavy (non-hydrogen) atoms. The van der Waals surface area contributed by atoms with Crippen molar-refractivity contribution in [2.45, 2.75) is 49.9 Å². The molecule has 1 heterocycles. The lowest BCUT2D eigenvalue weighted by Crippen LogP contribution is -2.58. The molecule has 4 amide bonds. The van der Waals surface area contributed by atoms with Gasteiger partial charge in [0.05, 0.1) is 12.5 Å². The van der Waals surface area contributed by atoms with Crippen LogP contribution >= 0.6 is 11.8 Å². The summed E-state index contributed by atoms with van der Waals surface area (Å²) in [6.07, 6.45) is 3.57. The minimum atomic E-state index is -1.57. The zero-order chi connectivity index (χ0) is 30.6. The monoisotopic (exact) mass is 596 g/mol. The number of aliphatic carboxylic acids is 1. The third-order valence-corrected chi connectivity index (χ3v) is 7.27. The first-order valence-corrected chi connectivity index (χ1v) is 14.7. The minimum absolute atomic E-state index is 0.0323. The van der Waals surface area contributed by atoms with Gasteiger partial charge in [-0.25, -0.2) is 4.79 Å². The Kier molecular flexibility index (Phi) is 11.9. The Morgan fingerprint density at radius 2 is 1.48 bits per heavy atom. The summed E-state index contributed by atoms with van der Waals surface area (Å²) in [5, 5.41) is 18.0. The molecule has 0 saturated carbocycles. The van der Waals surface area contributed by atoms with Crippen molar-refractivity contribution < 1.29 is 29.1 Å². The molecule has 0 aliphatic rings. The van der Waals surface area contributed by atoms with E-state index in [1.165, 1.54) is 11.8 Å². The van der Waals surface area contributed by atoms with E-state index in [4.69, 9.17) is 11.5 Å². The number of carbonyl (C=O) groups excluding carboxylic acids is 4. The number of carboxylic acid groups (broad SMARTS) is 1. The van der Waals surface area contributed by atoms with Gasteiger partial charge in [0.2, 0.25) is 23.6 Å². The van der Waals surface area contributed by atoms with Crippen LogP contribution in [0.25, 0.3) is 10.9 Å². The van der Waals surface area contributed by atoms with Crippen LogP contribution in [0.3, 0.4) is 0 Å². The fraction of sp³-hybridized carbons (Fsp3) is 0.345. The van der Waals surface area contributed by atoms with Gasteiger partial charge in [0.1, 0.15) is 18.1 Å². The number of amides is 4. The molecule has 3 rings (SSSR count). The van der Waals surface area contributed by atoms with Crippen LogP contribution in [0.15, 0.2) is 60.8 Å². The number of nitrogens with two attached hydrogens (primary N) is 2. The lowest BCUT2D eigenvalue weighted by atomic mass is 10.0. The van der Waals surface area contributed by atoms with Crippen LogP contribution in [0.5, 0.6) is 0 Å². The van der Waals surface area contributed by atoms with E-state index in [-0.39, 0.29) is 19.3 Å². The molecule has 0 aliphatic carbocycles. The predicted molar refractivity (Wildman–Crippen MR) is 160 cm³/mol. The number of para-hydroxylation sites is 1. The van der Waals surface area contributed by atoms with Crippen LogP contribution in [0.2, 0.25) is 0 Å². The van der Waals surface area contributed by atoms with Crippen LogP contribution in [0, 0.1) is 0 Å². The molecule has 0 spiro atoms. The highest BCUT2D eigenvalue weighted by molar-refractivity contribution is 7.98. The maximum absolute atomic E-state index is 13.5. The second-order valence-corrected chi connectivity index (χ2v) is 10.8. The maximum atomic E-state index is 13.5. The molecule has 3 aromatic rings. The fourth-order valence-electron chi connectivity index (χ4n) is 4.42. The third-order valence-electron chi connectivity index (χ3n) is 6.63. The topological polar surface area (TPSA) is 209 Å². The first kappa shape index (κ1) is 32.2. The van der Waals surface area contributed by atoms with E-state index in [9.17, 15) is 29.1 Å². The van der Waals surface area contributed by atoms with Gasteiger partial charge in [-0.1, -0.05) is 48.5 Å². The minimum Gasteiger partial charge on any atom is -0.480 e. The molecule has 0 aliphatic heterocycles. The first-order valence-electron chi connectivity index (χ1n) is 13.3. The molecule has 1 aromatic heterocycles. The molecular weight excluding hydrogens is 560 g/mol. The molecule has 9 N–H and O–H groups in total. The Morgan fingerprint density at radius 3 is 2.14 bits per heavy atom. The lowest BCUT2D eigenvalue weighted by Gasteiger charge is -2.25. The van der Waals surface area contributed by atoms with Gasteiger partial charge in [-0.15, -0.1) is 0 Å². The molecule has 4 unspecified atom stereocenters. The van der Waals surface area contributed by atoms with E-state index < -0.39 is 60.2 Å². The number of hydrogen-bond acceptors (Lipinski definition) is 7. The Morgan fingerprint density at radius 1 is 0.857 bits per heavy atom.